The molecule has 1 aromatic heterocycles. The fraction of sp³-hybridized carbons (Fsp3) is 0.333. The van der Waals surface area contributed by atoms with E-state index >= 15 is 0 Å². The molecule has 0 spiro atoms. The molecular weight excluding hydrogens is 248 g/mol. The number of hydrogen-bond acceptors (Lipinski definition) is 6. The lowest BCUT2D eigenvalue weighted by molar-refractivity contribution is 0.414. The number of nitrogens with one attached hydrogen (secondary N) is 1. The van der Waals surface area contributed by atoms with Gasteiger partial charge in [-0.1, -0.05) is 12.1 Å². The quantitative estimate of drug-likeness (QED) is 0.613. The van der Waals surface area contributed by atoms with E-state index in [0.29, 0.717) is 0 Å². The highest BCUT2D eigenvalue weighted by Crippen LogP contribution is 2.18. The van der Waals surface area contributed by atoms with Gasteiger partial charge in [-0.05, 0) is 30.5 Å². The van der Waals surface area contributed by atoms with Gasteiger partial charge in [-0.25, -0.2) is 0 Å². The zero-order valence-corrected chi connectivity index (χ0v) is 11.0. The molecule has 0 fully saturated rings. The topological polar surface area (TPSA) is 73.1 Å². The van der Waals surface area contributed by atoms with Crippen LogP contribution in [0.25, 0.3) is 0 Å². The second kappa shape index (κ2) is 6.44. The van der Waals surface area contributed by atoms with Gasteiger partial charge in [0.05, 0.1) is 36.8 Å². The van der Waals surface area contributed by atoms with E-state index in [1.165, 1.54) is 17.3 Å². The number of aromatic nitrogens is 2. The molecule has 0 aliphatic rings. The number of benzene rings is 1. The predicted octanol–water partition coefficient (Wildman–Crippen LogP) is 1.68. The Hall–Kier alpha value is -1.50. The van der Waals surface area contributed by atoms with Crippen molar-refractivity contribution >= 4 is 11.7 Å². The van der Waals surface area contributed by atoms with E-state index < -0.39 is 0 Å². The molecule has 6 heteroatoms. The molecular formula is C12H16N4OS. The zero-order chi connectivity index (χ0) is 12.8. The summed E-state index contributed by atoms with van der Waals surface area (Å²) in [5.74, 6) is 6.41. The van der Waals surface area contributed by atoms with Crippen molar-refractivity contribution < 1.29 is 4.74 Å². The third-order valence-electron chi connectivity index (χ3n) is 2.82. The molecule has 1 unspecified atom stereocenters. The molecule has 0 saturated carbocycles. The summed E-state index contributed by atoms with van der Waals surface area (Å²) in [6.45, 7) is 0. The maximum absolute atomic E-state index is 5.54. The first-order valence-corrected chi connectivity index (χ1v) is 6.43. The lowest BCUT2D eigenvalue weighted by Gasteiger charge is -2.12. The molecule has 0 aliphatic carbocycles. The molecule has 96 valence electrons. The van der Waals surface area contributed by atoms with Gasteiger partial charge in [-0.3, -0.25) is 11.3 Å². The van der Waals surface area contributed by atoms with E-state index in [1.807, 2.05) is 12.1 Å². The van der Waals surface area contributed by atoms with Crippen molar-refractivity contribution in [2.24, 2.45) is 5.84 Å². The van der Waals surface area contributed by atoms with Crippen molar-refractivity contribution in [2.75, 3.05) is 7.11 Å². The van der Waals surface area contributed by atoms with Gasteiger partial charge in [-0.15, -0.1) is 0 Å². The van der Waals surface area contributed by atoms with Gasteiger partial charge in [0.25, 0.3) is 0 Å². The van der Waals surface area contributed by atoms with Crippen LogP contribution in [0.1, 0.15) is 23.7 Å². The van der Waals surface area contributed by atoms with Crippen molar-refractivity contribution in [1.82, 2.24) is 14.2 Å². The van der Waals surface area contributed by atoms with E-state index in [2.05, 4.69) is 26.3 Å². The van der Waals surface area contributed by atoms with Gasteiger partial charge in [0.2, 0.25) is 0 Å². The number of methoxy groups -OCH3 is 1. The molecule has 1 atom stereocenters. The minimum absolute atomic E-state index is 0.0471. The van der Waals surface area contributed by atoms with E-state index in [-0.39, 0.29) is 6.04 Å². The van der Waals surface area contributed by atoms with Crippen LogP contribution in [0.2, 0.25) is 0 Å². The summed E-state index contributed by atoms with van der Waals surface area (Å²) in [4.78, 5) is 0. The molecule has 5 nitrogen and oxygen atoms in total. The summed E-state index contributed by atoms with van der Waals surface area (Å²) in [6.07, 6.45) is 3.56. The molecule has 1 aromatic carbocycles. The van der Waals surface area contributed by atoms with Crippen molar-refractivity contribution in [3.05, 3.63) is 41.7 Å². The third-order valence-corrected chi connectivity index (χ3v) is 3.31. The van der Waals surface area contributed by atoms with Crippen molar-refractivity contribution in [3.63, 3.8) is 0 Å². The smallest absolute Gasteiger partial charge is 0.118 e. The molecule has 0 saturated heterocycles. The Labute approximate surface area is 110 Å². The minimum atomic E-state index is 0.0471. The molecule has 1 heterocycles. The summed E-state index contributed by atoms with van der Waals surface area (Å²) in [6, 6.07) is 8.10. The molecule has 2 aromatic rings. The standard InChI is InChI=1S/C12H16N4OS/c1-17-10-5-2-9(3-6-10)4-7-11(15-13)12-8-14-18-16-12/h2-3,5-6,8,11,15H,4,7,13H2,1H3. The summed E-state index contributed by atoms with van der Waals surface area (Å²) < 4.78 is 13.3. The lowest BCUT2D eigenvalue weighted by atomic mass is 10.0. The Balaban J connectivity index is 1.93. The molecule has 0 bridgehead atoms. The zero-order valence-electron chi connectivity index (χ0n) is 10.2. The maximum Gasteiger partial charge on any atom is 0.118 e. The Morgan fingerprint density at radius 3 is 2.72 bits per heavy atom. The molecule has 18 heavy (non-hydrogen) atoms. The maximum atomic E-state index is 5.54. The summed E-state index contributed by atoms with van der Waals surface area (Å²) in [5.41, 5.74) is 4.93. The van der Waals surface area contributed by atoms with Crippen LogP contribution < -0.4 is 16.0 Å². The van der Waals surface area contributed by atoms with Gasteiger partial charge < -0.3 is 4.74 Å². The first-order chi connectivity index (χ1) is 8.83. The number of hydrazine groups is 1. The van der Waals surface area contributed by atoms with Crippen molar-refractivity contribution in [3.8, 4) is 5.75 Å². The van der Waals surface area contributed by atoms with Crippen LogP contribution >= 0.6 is 11.7 Å². The molecule has 0 amide bonds. The SMILES string of the molecule is COc1ccc(CCC(NN)c2cnsn2)cc1. The van der Waals surface area contributed by atoms with E-state index in [1.54, 1.807) is 13.3 Å². The number of ether oxygens (including phenoxy) is 1. The molecule has 0 radical (unpaired) electrons. The Bertz CT molecular complexity index is 457. The predicted molar refractivity (Wildman–Crippen MR) is 71.3 cm³/mol. The van der Waals surface area contributed by atoms with Crippen LogP contribution in [-0.2, 0) is 6.42 Å². The second-order valence-electron chi connectivity index (χ2n) is 3.94. The highest BCUT2D eigenvalue weighted by molar-refractivity contribution is 6.99. The van der Waals surface area contributed by atoms with Crippen molar-refractivity contribution in [1.29, 1.82) is 0 Å². The number of nitrogens with two attached hydrogens (primary N) is 1. The second-order valence-corrected chi connectivity index (χ2v) is 4.50. The fourth-order valence-corrected chi connectivity index (χ4v) is 2.22. The number of aryl methyl sites for hydroxylation is 1. The summed E-state index contributed by atoms with van der Waals surface area (Å²) >= 11 is 1.20. The van der Waals surface area contributed by atoms with E-state index in [9.17, 15) is 0 Å². The lowest BCUT2D eigenvalue weighted by Crippen LogP contribution is -2.28. The number of nitrogens with zero attached hydrogens (tertiary/aromatic N) is 2. The average molecular weight is 264 g/mol. The highest BCUT2D eigenvalue weighted by atomic mass is 32.1. The van der Waals surface area contributed by atoms with Gasteiger partial charge in [0.1, 0.15) is 5.75 Å². The minimum Gasteiger partial charge on any atom is -0.497 e. The number of rotatable bonds is 6. The highest BCUT2D eigenvalue weighted by Gasteiger charge is 2.12. The monoisotopic (exact) mass is 264 g/mol. The Morgan fingerprint density at radius 2 is 2.17 bits per heavy atom. The largest absolute Gasteiger partial charge is 0.497 e. The number of hydrogen-bond donors (Lipinski definition) is 2. The van der Waals surface area contributed by atoms with Crippen LogP contribution in [0.15, 0.2) is 30.5 Å². The van der Waals surface area contributed by atoms with Crippen LogP contribution in [0.4, 0.5) is 0 Å². The van der Waals surface area contributed by atoms with Gasteiger partial charge >= 0.3 is 0 Å². The molecule has 0 aliphatic heterocycles. The Morgan fingerprint density at radius 1 is 1.39 bits per heavy atom. The van der Waals surface area contributed by atoms with Gasteiger partial charge in [-0.2, -0.15) is 8.75 Å². The van der Waals surface area contributed by atoms with Gasteiger partial charge in [0, 0.05) is 0 Å². The summed E-state index contributed by atoms with van der Waals surface area (Å²) in [5, 5.41) is 0. The van der Waals surface area contributed by atoms with E-state index in [4.69, 9.17) is 10.6 Å². The normalized spacial score (nSPS) is 12.3. The molecule has 3 N–H and O–H groups in total. The fourth-order valence-electron chi connectivity index (χ4n) is 1.75. The van der Waals surface area contributed by atoms with Gasteiger partial charge in [0.15, 0.2) is 0 Å². The summed E-state index contributed by atoms with van der Waals surface area (Å²) in [7, 11) is 1.67. The van der Waals surface area contributed by atoms with E-state index in [0.717, 1.165) is 24.3 Å². The first kappa shape index (κ1) is 12.9. The van der Waals surface area contributed by atoms with Crippen LogP contribution in [-0.4, -0.2) is 15.9 Å². The Kier molecular flexibility index (Phi) is 4.63. The van der Waals surface area contributed by atoms with Crippen LogP contribution in [0.3, 0.4) is 0 Å². The van der Waals surface area contributed by atoms with Crippen LogP contribution in [0, 0.1) is 0 Å². The van der Waals surface area contributed by atoms with Crippen LogP contribution in [0.5, 0.6) is 5.75 Å². The molecule has 2 rings (SSSR count). The average Bonchev–Trinajstić information content (AvgIpc) is 2.94. The van der Waals surface area contributed by atoms with Crippen molar-refractivity contribution in [2.45, 2.75) is 18.9 Å². The third kappa shape index (κ3) is 3.25. The first-order valence-electron chi connectivity index (χ1n) is 5.70.